The van der Waals surface area contributed by atoms with Crippen molar-refractivity contribution in [1.82, 2.24) is 10.2 Å². The molecule has 1 saturated heterocycles. The second-order valence-electron chi connectivity index (χ2n) is 7.95. The maximum absolute atomic E-state index is 12.9. The first kappa shape index (κ1) is 19.4. The first-order valence-corrected chi connectivity index (χ1v) is 9.89. The zero-order chi connectivity index (χ0) is 19.7. The Balaban J connectivity index is 1.31. The molecule has 3 N–H and O–H groups in total. The van der Waals surface area contributed by atoms with E-state index in [2.05, 4.69) is 10.2 Å². The standard InChI is InChI=1S/C22H26F3N3/c23-22(24,25)18-3-1-2-17(12-18)15-4-6-16(7-5-15)20-13-21(20)27-9-11-28-10-8-19(26)14-28/h1-7,12,19-21,27H,8-11,13-14,26H2/t19-,20+,21-/m0/s1. The molecule has 2 aliphatic rings. The molecule has 1 aliphatic carbocycles. The number of benzene rings is 2. The van der Waals surface area contributed by atoms with Gasteiger partial charge in [-0.1, -0.05) is 36.4 Å². The second kappa shape index (κ2) is 7.85. The van der Waals surface area contributed by atoms with Gasteiger partial charge in [0, 0.05) is 37.6 Å². The number of nitrogens with two attached hydrogens (primary N) is 1. The first-order valence-electron chi connectivity index (χ1n) is 9.89. The van der Waals surface area contributed by atoms with E-state index in [1.807, 2.05) is 24.3 Å². The Kier molecular flexibility index (Phi) is 5.45. The molecule has 6 heteroatoms. The molecule has 0 unspecified atom stereocenters. The Morgan fingerprint density at radius 3 is 2.54 bits per heavy atom. The second-order valence-corrected chi connectivity index (χ2v) is 7.95. The summed E-state index contributed by atoms with van der Waals surface area (Å²) in [6.07, 6.45) is -2.12. The molecule has 0 spiro atoms. The zero-order valence-electron chi connectivity index (χ0n) is 15.8. The Morgan fingerprint density at radius 1 is 1.07 bits per heavy atom. The Bertz CT molecular complexity index is 803. The molecule has 2 aromatic rings. The highest BCUT2D eigenvalue weighted by Gasteiger charge is 2.37. The number of alkyl halides is 3. The van der Waals surface area contributed by atoms with Crippen LogP contribution in [0.3, 0.4) is 0 Å². The van der Waals surface area contributed by atoms with E-state index in [9.17, 15) is 13.2 Å². The van der Waals surface area contributed by atoms with Crippen molar-refractivity contribution in [3.63, 3.8) is 0 Å². The third-order valence-electron chi connectivity index (χ3n) is 5.80. The molecule has 1 aliphatic heterocycles. The van der Waals surface area contributed by atoms with Crippen LogP contribution >= 0.6 is 0 Å². The van der Waals surface area contributed by atoms with Crippen molar-refractivity contribution >= 4 is 0 Å². The molecule has 2 fully saturated rings. The van der Waals surface area contributed by atoms with Gasteiger partial charge in [0.25, 0.3) is 0 Å². The minimum Gasteiger partial charge on any atom is -0.326 e. The van der Waals surface area contributed by atoms with Gasteiger partial charge in [0.1, 0.15) is 0 Å². The van der Waals surface area contributed by atoms with Crippen molar-refractivity contribution in [2.45, 2.75) is 37.0 Å². The molecule has 0 bridgehead atoms. The van der Waals surface area contributed by atoms with Gasteiger partial charge in [0.2, 0.25) is 0 Å². The van der Waals surface area contributed by atoms with Crippen molar-refractivity contribution < 1.29 is 13.2 Å². The van der Waals surface area contributed by atoms with Crippen LogP contribution in [-0.2, 0) is 6.18 Å². The maximum atomic E-state index is 12.9. The van der Waals surface area contributed by atoms with E-state index >= 15 is 0 Å². The number of nitrogens with zero attached hydrogens (tertiary/aromatic N) is 1. The molecule has 0 radical (unpaired) electrons. The molecule has 2 aromatic carbocycles. The van der Waals surface area contributed by atoms with Crippen LogP contribution in [0.2, 0.25) is 0 Å². The minimum atomic E-state index is -4.32. The van der Waals surface area contributed by atoms with Gasteiger partial charge in [-0.2, -0.15) is 13.2 Å². The molecule has 0 aromatic heterocycles. The lowest BCUT2D eigenvalue weighted by molar-refractivity contribution is -0.137. The van der Waals surface area contributed by atoms with Crippen molar-refractivity contribution in [3.05, 3.63) is 59.7 Å². The van der Waals surface area contributed by atoms with Crippen LogP contribution in [-0.4, -0.2) is 43.2 Å². The summed E-state index contributed by atoms with van der Waals surface area (Å²) in [5, 5.41) is 3.61. The van der Waals surface area contributed by atoms with Crippen LogP contribution in [0.5, 0.6) is 0 Å². The molecular weight excluding hydrogens is 363 g/mol. The van der Waals surface area contributed by atoms with E-state index in [0.717, 1.165) is 50.7 Å². The summed E-state index contributed by atoms with van der Waals surface area (Å²) in [6.45, 7) is 4.09. The number of nitrogens with one attached hydrogen (secondary N) is 1. The lowest BCUT2D eigenvalue weighted by Gasteiger charge is -2.15. The van der Waals surface area contributed by atoms with Crippen LogP contribution in [0.4, 0.5) is 13.2 Å². The van der Waals surface area contributed by atoms with Crippen LogP contribution < -0.4 is 11.1 Å². The molecule has 3 nitrogen and oxygen atoms in total. The molecule has 1 saturated carbocycles. The Labute approximate surface area is 163 Å². The summed E-state index contributed by atoms with van der Waals surface area (Å²) >= 11 is 0. The molecule has 28 heavy (non-hydrogen) atoms. The highest BCUT2D eigenvalue weighted by molar-refractivity contribution is 5.65. The number of hydrogen-bond donors (Lipinski definition) is 2. The quantitative estimate of drug-likeness (QED) is 0.789. The number of likely N-dealkylation sites (tertiary alicyclic amines) is 1. The van der Waals surface area contributed by atoms with Crippen LogP contribution in [0.25, 0.3) is 11.1 Å². The zero-order valence-corrected chi connectivity index (χ0v) is 15.8. The Morgan fingerprint density at radius 2 is 1.86 bits per heavy atom. The normalized spacial score (nSPS) is 25.2. The lowest BCUT2D eigenvalue weighted by Crippen LogP contribution is -2.33. The molecule has 150 valence electrons. The molecule has 3 atom stereocenters. The lowest BCUT2D eigenvalue weighted by atomic mass is 10.0. The monoisotopic (exact) mass is 389 g/mol. The maximum Gasteiger partial charge on any atom is 0.416 e. The average molecular weight is 389 g/mol. The van der Waals surface area contributed by atoms with E-state index in [1.165, 1.54) is 17.7 Å². The van der Waals surface area contributed by atoms with Gasteiger partial charge >= 0.3 is 6.18 Å². The summed E-state index contributed by atoms with van der Waals surface area (Å²) in [5.41, 5.74) is 7.97. The van der Waals surface area contributed by atoms with Gasteiger partial charge in [-0.15, -0.1) is 0 Å². The summed E-state index contributed by atoms with van der Waals surface area (Å²) in [6, 6.07) is 14.2. The van der Waals surface area contributed by atoms with Crippen LogP contribution in [0.15, 0.2) is 48.5 Å². The third-order valence-corrected chi connectivity index (χ3v) is 5.80. The third kappa shape index (κ3) is 4.57. The van der Waals surface area contributed by atoms with Crippen LogP contribution in [0, 0.1) is 0 Å². The number of rotatable bonds is 6. The number of hydrogen-bond acceptors (Lipinski definition) is 3. The molecular formula is C22H26F3N3. The fourth-order valence-corrected chi connectivity index (χ4v) is 4.06. The fraction of sp³-hybridized carbons (Fsp3) is 0.455. The van der Waals surface area contributed by atoms with Crippen molar-refractivity contribution in [2.75, 3.05) is 26.2 Å². The predicted molar refractivity (Wildman–Crippen MR) is 105 cm³/mol. The van der Waals surface area contributed by atoms with Crippen molar-refractivity contribution in [2.24, 2.45) is 5.73 Å². The highest BCUT2D eigenvalue weighted by atomic mass is 19.4. The van der Waals surface area contributed by atoms with Crippen molar-refractivity contribution in [1.29, 1.82) is 0 Å². The Hall–Kier alpha value is -1.89. The van der Waals surface area contributed by atoms with Gasteiger partial charge < -0.3 is 16.0 Å². The number of halogens is 3. The largest absolute Gasteiger partial charge is 0.416 e. The van der Waals surface area contributed by atoms with E-state index in [0.29, 0.717) is 23.6 Å². The van der Waals surface area contributed by atoms with E-state index in [4.69, 9.17) is 5.73 Å². The summed E-state index contributed by atoms with van der Waals surface area (Å²) < 4.78 is 38.7. The van der Waals surface area contributed by atoms with E-state index in [1.54, 1.807) is 6.07 Å². The summed E-state index contributed by atoms with van der Waals surface area (Å²) in [4.78, 5) is 2.40. The topological polar surface area (TPSA) is 41.3 Å². The first-order chi connectivity index (χ1) is 13.4. The fourth-order valence-electron chi connectivity index (χ4n) is 4.06. The van der Waals surface area contributed by atoms with E-state index in [-0.39, 0.29) is 0 Å². The van der Waals surface area contributed by atoms with Gasteiger partial charge in [-0.3, -0.25) is 0 Å². The van der Waals surface area contributed by atoms with Crippen LogP contribution in [0.1, 0.15) is 29.9 Å². The highest BCUT2D eigenvalue weighted by Crippen LogP contribution is 2.41. The molecule has 1 heterocycles. The molecule has 0 amide bonds. The SMILES string of the molecule is N[C@H]1CCN(CCN[C@H]2C[C@@H]2c2ccc(-c3cccc(C(F)(F)F)c3)cc2)C1. The van der Waals surface area contributed by atoms with Gasteiger partial charge in [0.15, 0.2) is 0 Å². The minimum absolute atomic E-state index is 0.323. The van der Waals surface area contributed by atoms with Crippen molar-refractivity contribution in [3.8, 4) is 11.1 Å². The summed E-state index contributed by atoms with van der Waals surface area (Å²) in [5.74, 6) is 0.497. The average Bonchev–Trinajstić information content (AvgIpc) is 3.33. The molecule has 4 rings (SSSR count). The van der Waals surface area contributed by atoms with Gasteiger partial charge in [-0.05, 0) is 48.2 Å². The predicted octanol–water partition coefficient (Wildman–Crippen LogP) is 3.85. The van der Waals surface area contributed by atoms with E-state index < -0.39 is 11.7 Å². The van der Waals surface area contributed by atoms with Gasteiger partial charge in [0.05, 0.1) is 5.56 Å². The smallest absolute Gasteiger partial charge is 0.326 e. The van der Waals surface area contributed by atoms with Gasteiger partial charge in [-0.25, -0.2) is 0 Å². The summed E-state index contributed by atoms with van der Waals surface area (Å²) in [7, 11) is 0.